The summed E-state index contributed by atoms with van der Waals surface area (Å²) in [5.74, 6) is 0. The maximum absolute atomic E-state index is 11.0. The maximum Gasteiger partial charge on any atom is 0.273 e. The Morgan fingerprint density at radius 3 is 2.33 bits per heavy atom. The van der Waals surface area contributed by atoms with Gasteiger partial charge >= 0.3 is 0 Å². The molecule has 0 radical (unpaired) electrons. The quantitative estimate of drug-likeness (QED) is 0.328. The SMILES string of the molecule is NS(=O)(=O)c1nc(S(=O)(=O)[O-])c2[nH]cnc2n1.[NH4+]. The Morgan fingerprint density at radius 1 is 1.22 bits per heavy atom. The van der Waals surface area contributed by atoms with Gasteiger partial charge in [0.2, 0.25) is 0 Å². The molecular formula is C5H8N6O5S2. The zero-order valence-corrected chi connectivity index (χ0v) is 10.5. The second kappa shape index (κ2) is 4.21. The molecule has 0 unspecified atom stereocenters. The van der Waals surface area contributed by atoms with Crippen LogP contribution in [0.5, 0.6) is 0 Å². The first-order chi connectivity index (χ1) is 7.69. The molecule has 0 amide bonds. The van der Waals surface area contributed by atoms with Crippen LogP contribution in [0, 0.1) is 0 Å². The van der Waals surface area contributed by atoms with Gasteiger partial charge in [0.25, 0.3) is 15.2 Å². The predicted molar refractivity (Wildman–Crippen MR) is 57.0 cm³/mol. The number of hydrogen-bond donors (Lipinski definition) is 3. The van der Waals surface area contributed by atoms with E-state index in [9.17, 15) is 21.4 Å². The van der Waals surface area contributed by atoms with E-state index in [0.717, 1.165) is 6.33 Å². The van der Waals surface area contributed by atoms with Crippen LogP contribution in [0.2, 0.25) is 0 Å². The number of H-pyrrole nitrogens is 1. The summed E-state index contributed by atoms with van der Waals surface area (Å²) in [5, 5.41) is 2.75. The summed E-state index contributed by atoms with van der Waals surface area (Å²) in [6, 6.07) is 0. The Morgan fingerprint density at radius 2 is 1.83 bits per heavy atom. The molecule has 18 heavy (non-hydrogen) atoms. The second-order valence-corrected chi connectivity index (χ2v) is 5.66. The number of quaternary nitrogens is 1. The summed E-state index contributed by atoms with van der Waals surface area (Å²) in [5.41, 5.74) is -0.550. The normalized spacial score (nSPS) is 12.3. The van der Waals surface area contributed by atoms with Crippen molar-refractivity contribution in [1.82, 2.24) is 26.1 Å². The average molecular weight is 296 g/mol. The molecule has 2 heterocycles. The van der Waals surface area contributed by atoms with Gasteiger partial charge in [-0.2, -0.15) is 4.98 Å². The predicted octanol–water partition coefficient (Wildman–Crippen LogP) is -1.72. The fourth-order valence-corrected chi connectivity index (χ4v) is 2.18. The van der Waals surface area contributed by atoms with Gasteiger partial charge in [0.15, 0.2) is 10.7 Å². The fraction of sp³-hybridized carbons (Fsp3) is 0. The number of hydrogen-bond acceptors (Lipinski definition) is 8. The molecule has 0 aliphatic rings. The van der Waals surface area contributed by atoms with Gasteiger partial charge in [-0.1, -0.05) is 0 Å². The number of nitrogens with two attached hydrogens (primary N) is 1. The standard InChI is InChI=1S/C5H5N5O5S2.H3N/c6-16(11,12)5-9-3-2(7-1-8-3)4(10-5)17(13,14)15;/h1H,(H2,6,11,12)(H,13,14,15)(H,7,8,9,10);1H3. The zero-order valence-electron chi connectivity index (χ0n) is 8.85. The number of aromatic amines is 1. The molecule has 2 aromatic heterocycles. The van der Waals surface area contributed by atoms with Crippen LogP contribution in [0.4, 0.5) is 0 Å². The molecule has 0 aromatic carbocycles. The first kappa shape index (κ1) is 14.4. The molecule has 2 aromatic rings. The van der Waals surface area contributed by atoms with E-state index in [1.807, 2.05) is 0 Å². The van der Waals surface area contributed by atoms with Gasteiger partial charge in [0, 0.05) is 0 Å². The zero-order chi connectivity index (χ0) is 12.8. The summed E-state index contributed by atoms with van der Waals surface area (Å²) in [6.45, 7) is 0. The summed E-state index contributed by atoms with van der Waals surface area (Å²) >= 11 is 0. The van der Waals surface area contributed by atoms with Crippen LogP contribution < -0.4 is 11.3 Å². The van der Waals surface area contributed by atoms with Crippen LogP contribution in [0.15, 0.2) is 16.5 Å². The van der Waals surface area contributed by atoms with E-state index in [1.54, 1.807) is 0 Å². The van der Waals surface area contributed by atoms with Crippen LogP contribution in [0.3, 0.4) is 0 Å². The number of fused-ring (bicyclic) bond motifs is 1. The third-order valence-corrected chi connectivity index (χ3v) is 3.18. The Balaban J connectivity index is 0.00000162. The molecule has 100 valence electrons. The van der Waals surface area contributed by atoms with E-state index in [1.165, 1.54) is 0 Å². The van der Waals surface area contributed by atoms with Crippen molar-refractivity contribution in [3.63, 3.8) is 0 Å². The van der Waals surface area contributed by atoms with Gasteiger partial charge < -0.3 is 15.7 Å². The van der Waals surface area contributed by atoms with E-state index in [4.69, 9.17) is 5.14 Å². The van der Waals surface area contributed by atoms with Gasteiger partial charge in [-0.15, -0.1) is 0 Å². The van der Waals surface area contributed by atoms with Crippen molar-refractivity contribution >= 4 is 31.3 Å². The molecule has 0 fully saturated rings. The minimum Gasteiger partial charge on any atom is -0.743 e. The lowest BCUT2D eigenvalue weighted by Crippen LogP contribution is -2.18. The maximum atomic E-state index is 11.0. The number of sulfonamides is 1. The van der Waals surface area contributed by atoms with Crippen molar-refractivity contribution in [2.24, 2.45) is 5.14 Å². The Kier molecular flexibility index (Phi) is 3.37. The molecule has 0 atom stereocenters. The number of nitrogens with zero attached hydrogens (tertiary/aromatic N) is 3. The number of aromatic nitrogens is 4. The lowest BCUT2D eigenvalue weighted by molar-refractivity contribution is 0.459. The molecule has 0 aliphatic carbocycles. The molecule has 13 heteroatoms. The number of nitrogens with one attached hydrogen (secondary N) is 1. The van der Waals surface area contributed by atoms with Crippen molar-refractivity contribution in [2.45, 2.75) is 10.2 Å². The summed E-state index contributed by atoms with van der Waals surface area (Å²) < 4.78 is 54.7. The third-order valence-electron chi connectivity index (χ3n) is 1.72. The Bertz CT molecular complexity index is 793. The van der Waals surface area contributed by atoms with E-state index < -0.39 is 30.3 Å². The van der Waals surface area contributed by atoms with Crippen LogP contribution >= 0.6 is 0 Å². The molecule has 2 rings (SSSR count). The molecule has 11 nitrogen and oxygen atoms in total. The molecular weight excluding hydrogens is 288 g/mol. The first-order valence-electron chi connectivity index (χ1n) is 3.89. The topological polar surface area (TPSA) is 208 Å². The van der Waals surface area contributed by atoms with Gasteiger partial charge in [-0.05, 0) is 0 Å². The van der Waals surface area contributed by atoms with Crippen molar-refractivity contribution < 1.29 is 21.4 Å². The van der Waals surface area contributed by atoms with Gasteiger partial charge in [-0.3, -0.25) is 0 Å². The lowest BCUT2D eigenvalue weighted by Gasteiger charge is -2.07. The van der Waals surface area contributed by atoms with Crippen LogP contribution in [0.25, 0.3) is 11.2 Å². The van der Waals surface area contributed by atoms with Gasteiger partial charge in [-0.25, -0.2) is 31.9 Å². The van der Waals surface area contributed by atoms with E-state index >= 15 is 0 Å². The van der Waals surface area contributed by atoms with E-state index in [2.05, 4.69) is 19.9 Å². The highest BCUT2D eigenvalue weighted by Crippen LogP contribution is 2.17. The van der Waals surface area contributed by atoms with Gasteiger partial charge in [0.1, 0.15) is 15.6 Å². The summed E-state index contributed by atoms with van der Waals surface area (Å²) in [7, 11) is -9.31. The second-order valence-electron chi connectivity index (χ2n) is 2.91. The highest BCUT2D eigenvalue weighted by molar-refractivity contribution is 7.89. The number of rotatable bonds is 2. The Labute approximate surface area is 101 Å². The number of primary sulfonamides is 1. The largest absolute Gasteiger partial charge is 0.743 e. The summed E-state index contributed by atoms with van der Waals surface area (Å²) in [6.07, 6.45) is 1.04. The van der Waals surface area contributed by atoms with Crippen LogP contribution in [-0.4, -0.2) is 41.3 Å². The minimum atomic E-state index is -4.97. The van der Waals surface area contributed by atoms with E-state index in [-0.39, 0.29) is 17.3 Å². The van der Waals surface area contributed by atoms with Crippen molar-refractivity contribution in [3.8, 4) is 0 Å². The van der Waals surface area contributed by atoms with E-state index in [0.29, 0.717) is 0 Å². The monoisotopic (exact) mass is 296 g/mol. The smallest absolute Gasteiger partial charge is 0.273 e. The molecule has 0 bridgehead atoms. The average Bonchev–Trinajstić information content (AvgIpc) is 2.59. The molecule has 0 saturated heterocycles. The van der Waals surface area contributed by atoms with Crippen LogP contribution in [0.1, 0.15) is 0 Å². The van der Waals surface area contributed by atoms with Crippen molar-refractivity contribution in [2.75, 3.05) is 0 Å². The number of imidazole rings is 1. The molecule has 0 spiro atoms. The molecule has 0 saturated carbocycles. The third kappa shape index (κ3) is 2.44. The Hall–Kier alpha value is -1.67. The lowest BCUT2D eigenvalue weighted by atomic mass is 10.6. The summed E-state index contributed by atoms with van der Waals surface area (Å²) in [4.78, 5) is 12.4. The highest BCUT2D eigenvalue weighted by Gasteiger charge is 2.20. The molecule has 7 N–H and O–H groups in total. The highest BCUT2D eigenvalue weighted by atomic mass is 32.2. The van der Waals surface area contributed by atoms with Crippen LogP contribution in [-0.2, 0) is 20.1 Å². The first-order valence-corrected chi connectivity index (χ1v) is 6.85. The van der Waals surface area contributed by atoms with Gasteiger partial charge in [0.05, 0.1) is 6.33 Å². The molecule has 0 aliphatic heterocycles. The van der Waals surface area contributed by atoms with Crippen molar-refractivity contribution in [3.05, 3.63) is 6.33 Å². The van der Waals surface area contributed by atoms with Crippen molar-refractivity contribution in [1.29, 1.82) is 0 Å². The fourth-order valence-electron chi connectivity index (χ4n) is 1.10. The minimum absolute atomic E-state index is 0.